The third-order valence-corrected chi connectivity index (χ3v) is 5.56. The molecule has 4 rings (SSSR count). The molecule has 120 valence electrons. The fourth-order valence-corrected chi connectivity index (χ4v) is 4.38. The fourth-order valence-electron chi connectivity index (χ4n) is 2.62. The Labute approximate surface area is 149 Å². The average Bonchev–Trinajstić information content (AvgIpc) is 3.07. The lowest BCUT2D eigenvalue weighted by molar-refractivity contribution is 0.932. The summed E-state index contributed by atoms with van der Waals surface area (Å²) in [7, 11) is 0. The maximum Gasteiger partial charge on any atom is 0.197 e. The van der Waals surface area contributed by atoms with E-state index in [9.17, 15) is 0 Å². The molecule has 1 aromatic heterocycles. The maximum absolute atomic E-state index is 4.83. The number of hydrogen-bond acceptors (Lipinski definition) is 4. The molecule has 0 unspecified atom stereocenters. The average molecular weight is 352 g/mol. The predicted molar refractivity (Wildman–Crippen MR) is 104 cm³/mol. The van der Waals surface area contributed by atoms with Crippen molar-refractivity contribution in [3.63, 3.8) is 0 Å². The van der Waals surface area contributed by atoms with E-state index in [2.05, 4.69) is 63.5 Å². The third-order valence-electron chi connectivity index (χ3n) is 3.76. The van der Waals surface area contributed by atoms with Crippen LogP contribution in [0.3, 0.4) is 0 Å². The van der Waals surface area contributed by atoms with Gasteiger partial charge in [0.1, 0.15) is 0 Å². The number of para-hydroxylation sites is 1. The lowest BCUT2D eigenvalue weighted by atomic mass is 10.1. The molecule has 5 heteroatoms. The lowest BCUT2D eigenvalue weighted by Gasteiger charge is -2.10. The Hall–Kier alpha value is -2.11. The molecule has 0 radical (unpaired) electrons. The molecule has 0 saturated carbocycles. The van der Waals surface area contributed by atoms with Crippen LogP contribution < -0.4 is 4.80 Å². The van der Waals surface area contributed by atoms with Gasteiger partial charge in [-0.05, 0) is 24.1 Å². The van der Waals surface area contributed by atoms with Crippen molar-refractivity contribution in [2.45, 2.75) is 6.42 Å². The van der Waals surface area contributed by atoms with Gasteiger partial charge < -0.3 is 0 Å². The summed E-state index contributed by atoms with van der Waals surface area (Å²) in [6.07, 6.45) is 1.14. The number of aliphatic imine (C=N–C) groups is 1. The summed E-state index contributed by atoms with van der Waals surface area (Å²) in [4.78, 5) is 10.3. The molecule has 1 aliphatic heterocycles. The first-order valence-electron chi connectivity index (χ1n) is 7.95. The summed E-state index contributed by atoms with van der Waals surface area (Å²) in [5, 5.41) is 3.07. The van der Waals surface area contributed by atoms with Crippen LogP contribution in [0, 0.1) is 0 Å². The van der Waals surface area contributed by atoms with Crippen molar-refractivity contribution < 1.29 is 0 Å². The van der Waals surface area contributed by atoms with E-state index in [0.29, 0.717) is 0 Å². The van der Waals surface area contributed by atoms with Crippen molar-refractivity contribution in [1.29, 1.82) is 0 Å². The molecule has 0 aliphatic carbocycles. The second kappa shape index (κ2) is 7.20. The molecular formula is C19H17N3S2. The van der Waals surface area contributed by atoms with Crippen LogP contribution in [-0.4, -0.2) is 22.0 Å². The second-order valence-electron chi connectivity index (χ2n) is 5.42. The van der Waals surface area contributed by atoms with E-state index < -0.39 is 0 Å². The fraction of sp³-hybridized carbons (Fsp3) is 0.158. The lowest BCUT2D eigenvalue weighted by Crippen LogP contribution is -2.16. The summed E-state index contributed by atoms with van der Waals surface area (Å²) < 4.78 is 2.22. The van der Waals surface area contributed by atoms with Gasteiger partial charge in [0.2, 0.25) is 0 Å². The van der Waals surface area contributed by atoms with Gasteiger partial charge in [-0.15, -0.1) is 11.3 Å². The van der Waals surface area contributed by atoms with Crippen LogP contribution in [-0.2, 0) is 0 Å². The first kappa shape index (κ1) is 15.4. The highest BCUT2D eigenvalue weighted by Gasteiger charge is 2.11. The van der Waals surface area contributed by atoms with Crippen LogP contribution in [0.2, 0.25) is 0 Å². The second-order valence-corrected chi connectivity index (χ2v) is 7.32. The molecule has 1 aliphatic rings. The van der Waals surface area contributed by atoms with E-state index in [1.807, 2.05) is 12.1 Å². The number of aromatic nitrogens is 1. The van der Waals surface area contributed by atoms with Crippen LogP contribution in [0.5, 0.6) is 0 Å². The van der Waals surface area contributed by atoms with Crippen LogP contribution in [0.15, 0.2) is 76.0 Å². The molecule has 0 spiro atoms. The van der Waals surface area contributed by atoms with Crippen LogP contribution >= 0.6 is 23.1 Å². The maximum atomic E-state index is 4.83. The minimum absolute atomic E-state index is 0.883. The van der Waals surface area contributed by atoms with E-state index in [4.69, 9.17) is 4.99 Å². The monoisotopic (exact) mass is 351 g/mol. The largest absolute Gasteiger partial charge is 0.285 e. The van der Waals surface area contributed by atoms with Crippen molar-refractivity contribution in [2.75, 3.05) is 12.3 Å². The SMILES string of the molecule is c1ccc(-c2cs/c(=N\C3=NCCCS3)n2-c2ccccc2)cc1. The highest BCUT2D eigenvalue weighted by atomic mass is 32.2. The standard InChI is InChI=1S/C19H17N3S2/c1-3-8-15(9-4-1)17-14-24-19(21-18-20-12-7-13-23-18)22(17)16-10-5-2-6-11-16/h1-6,8-11,14H,7,12-13H2/b21-19-. The van der Waals surface area contributed by atoms with E-state index in [-0.39, 0.29) is 0 Å². The quantitative estimate of drug-likeness (QED) is 0.663. The topological polar surface area (TPSA) is 29.6 Å². The van der Waals surface area contributed by atoms with Crippen molar-refractivity contribution >= 4 is 28.3 Å². The van der Waals surface area contributed by atoms with E-state index in [1.165, 1.54) is 5.56 Å². The Balaban J connectivity index is 1.90. The zero-order chi connectivity index (χ0) is 16.2. The van der Waals surface area contributed by atoms with Gasteiger partial charge in [-0.3, -0.25) is 9.56 Å². The Kier molecular flexibility index (Phi) is 4.62. The first-order valence-corrected chi connectivity index (χ1v) is 9.82. The molecule has 24 heavy (non-hydrogen) atoms. The molecule has 0 amide bonds. The number of thioether (sulfide) groups is 1. The molecule has 0 bridgehead atoms. The van der Waals surface area contributed by atoms with Gasteiger partial charge in [0.25, 0.3) is 0 Å². The Morgan fingerprint density at radius 2 is 1.71 bits per heavy atom. The van der Waals surface area contributed by atoms with Crippen LogP contribution in [0.4, 0.5) is 0 Å². The zero-order valence-electron chi connectivity index (χ0n) is 13.1. The molecular weight excluding hydrogens is 334 g/mol. The molecule has 0 N–H and O–H groups in total. The molecule has 3 nitrogen and oxygen atoms in total. The summed E-state index contributed by atoms with van der Waals surface area (Å²) in [5.41, 5.74) is 3.47. The number of rotatable bonds is 2. The van der Waals surface area contributed by atoms with Gasteiger partial charge in [-0.2, -0.15) is 4.99 Å². The van der Waals surface area contributed by atoms with Crippen molar-refractivity contribution in [2.24, 2.45) is 9.98 Å². The number of hydrogen-bond donors (Lipinski definition) is 0. The van der Waals surface area contributed by atoms with E-state index >= 15 is 0 Å². The van der Waals surface area contributed by atoms with Crippen molar-refractivity contribution in [3.8, 4) is 16.9 Å². The summed E-state index contributed by atoms with van der Waals surface area (Å²) in [5.74, 6) is 1.10. The predicted octanol–water partition coefficient (Wildman–Crippen LogP) is 4.60. The van der Waals surface area contributed by atoms with Crippen molar-refractivity contribution in [1.82, 2.24) is 4.57 Å². The van der Waals surface area contributed by atoms with Crippen molar-refractivity contribution in [3.05, 3.63) is 70.8 Å². The summed E-state index contributed by atoms with van der Waals surface area (Å²) in [6, 6.07) is 20.9. The highest BCUT2D eigenvalue weighted by molar-refractivity contribution is 8.13. The minimum atomic E-state index is 0.883. The highest BCUT2D eigenvalue weighted by Crippen LogP contribution is 2.23. The number of benzene rings is 2. The molecule has 2 aromatic carbocycles. The molecule has 2 heterocycles. The Morgan fingerprint density at radius 3 is 2.42 bits per heavy atom. The molecule has 0 atom stereocenters. The normalized spacial score (nSPS) is 15.3. The summed E-state index contributed by atoms with van der Waals surface area (Å²) in [6.45, 7) is 0.883. The zero-order valence-corrected chi connectivity index (χ0v) is 14.8. The van der Waals surface area contributed by atoms with E-state index in [1.54, 1.807) is 23.1 Å². The number of nitrogens with zero attached hydrogens (tertiary/aromatic N) is 3. The number of thiazole rings is 1. The third kappa shape index (κ3) is 3.23. The Morgan fingerprint density at radius 1 is 0.958 bits per heavy atom. The van der Waals surface area contributed by atoms with Gasteiger partial charge in [-0.25, -0.2) is 0 Å². The smallest absolute Gasteiger partial charge is 0.197 e. The van der Waals surface area contributed by atoms with Gasteiger partial charge in [0, 0.05) is 23.4 Å². The Bertz CT molecular complexity index is 909. The van der Waals surface area contributed by atoms with Crippen LogP contribution in [0.1, 0.15) is 6.42 Å². The van der Waals surface area contributed by atoms with Gasteiger partial charge in [-0.1, -0.05) is 60.3 Å². The minimum Gasteiger partial charge on any atom is -0.285 e. The first-order chi connectivity index (χ1) is 11.9. The number of amidine groups is 1. The van der Waals surface area contributed by atoms with Gasteiger partial charge in [0.15, 0.2) is 9.97 Å². The van der Waals surface area contributed by atoms with Gasteiger partial charge >= 0.3 is 0 Å². The summed E-state index contributed by atoms with van der Waals surface area (Å²) >= 11 is 3.41. The molecule has 0 saturated heterocycles. The van der Waals surface area contributed by atoms with Crippen LogP contribution in [0.25, 0.3) is 16.9 Å². The van der Waals surface area contributed by atoms with Gasteiger partial charge in [0.05, 0.1) is 5.69 Å². The molecule has 0 fully saturated rings. The molecule has 3 aromatic rings. The van der Waals surface area contributed by atoms with E-state index in [0.717, 1.165) is 40.1 Å².